The second kappa shape index (κ2) is 5.97. The summed E-state index contributed by atoms with van der Waals surface area (Å²) in [4.78, 5) is 15.8. The predicted octanol–water partition coefficient (Wildman–Crippen LogP) is 2.84. The number of hydrogen-bond donors (Lipinski definition) is 0. The molecule has 1 aromatic heterocycles. The number of benzene rings is 1. The zero-order chi connectivity index (χ0) is 14.7. The zero-order valence-electron chi connectivity index (χ0n) is 10.8. The van der Waals surface area contributed by atoms with E-state index in [-0.39, 0.29) is 18.0 Å². The van der Waals surface area contributed by atoms with Crippen molar-refractivity contribution in [1.29, 1.82) is 0 Å². The number of aromatic nitrogens is 1. The van der Waals surface area contributed by atoms with E-state index in [0.717, 1.165) is 17.4 Å². The fraction of sp³-hybridized carbons (Fsp3) is 0.286. The third-order valence-corrected chi connectivity index (χ3v) is 3.65. The number of rotatable bonds is 3. The molecular weight excluding hydrogens is 282 g/mol. The summed E-state index contributed by atoms with van der Waals surface area (Å²) in [5, 5.41) is 0. The van der Waals surface area contributed by atoms with Crippen LogP contribution in [-0.2, 0) is 11.3 Å². The van der Waals surface area contributed by atoms with Crippen molar-refractivity contribution in [3.8, 4) is 12.3 Å². The molecule has 1 heterocycles. The first-order chi connectivity index (χ1) is 9.56. The number of carbonyl (C=O) groups excluding carboxylic acids is 1. The Balaban J connectivity index is 2.72. The third kappa shape index (κ3) is 2.78. The number of thiazole rings is 1. The largest absolute Gasteiger partial charge is 0.302 e. The SMILES string of the molecule is C#CCn1c(=NC(=O)CCC)sc2cc(F)cc(F)c21. The van der Waals surface area contributed by atoms with Gasteiger partial charge in [0.25, 0.3) is 0 Å². The Morgan fingerprint density at radius 3 is 2.90 bits per heavy atom. The van der Waals surface area contributed by atoms with Gasteiger partial charge in [-0.3, -0.25) is 4.79 Å². The fourth-order valence-corrected chi connectivity index (χ4v) is 2.91. The summed E-state index contributed by atoms with van der Waals surface area (Å²) in [7, 11) is 0. The monoisotopic (exact) mass is 294 g/mol. The van der Waals surface area contributed by atoms with Crippen LogP contribution >= 0.6 is 11.3 Å². The number of halogens is 2. The Kier molecular flexibility index (Phi) is 4.30. The van der Waals surface area contributed by atoms with Crippen molar-refractivity contribution in [2.45, 2.75) is 26.3 Å². The van der Waals surface area contributed by atoms with Gasteiger partial charge in [-0.1, -0.05) is 24.2 Å². The zero-order valence-corrected chi connectivity index (χ0v) is 11.6. The van der Waals surface area contributed by atoms with Gasteiger partial charge in [0, 0.05) is 12.5 Å². The first kappa shape index (κ1) is 14.4. The lowest BCUT2D eigenvalue weighted by atomic mass is 10.3. The summed E-state index contributed by atoms with van der Waals surface area (Å²) in [5.41, 5.74) is 0.178. The van der Waals surface area contributed by atoms with E-state index in [1.165, 1.54) is 10.6 Å². The number of nitrogens with zero attached hydrogens (tertiary/aromatic N) is 2. The molecule has 2 rings (SSSR count). The highest BCUT2D eigenvalue weighted by Crippen LogP contribution is 2.22. The van der Waals surface area contributed by atoms with Gasteiger partial charge in [0.2, 0.25) is 5.91 Å². The molecule has 0 spiro atoms. The molecule has 0 saturated carbocycles. The van der Waals surface area contributed by atoms with E-state index in [1.54, 1.807) is 0 Å². The van der Waals surface area contributed by atoms with Crippen LogP contribution in [-0.4, -0.2) is 10.5 Å². The number of fused-ring (bicyclic) bond motifs is 1. The predicted molar refractivity (Wildman–Crippen MR) is 74.0 cm³/mol. The van der Waals surface area contributed by atoms with Crippen LogP contribution in [0.15, 0.2) is 17.1 Å². The number of amides is 1. The number of terminal acetylenes is 1. The van der Waals surface area contributed by atoms with Crippen molar-refractivity contribution < 1.29 is 13.6 Å². The standard InChI is InChI=1S/C14H12F2N2OS/c1-3-5-12(19)17-14-18(6-4-2)13-10(16)7-9(15)8-11(13)20-14/h2,7-8H,3,5-6H2,1H3. The first-order valence-corrected chi connectivity index (χ1v) is 6.88. The molecule has 0 N–H and O–H groups in total. The van der Waals surface area contributed by atoms with Crippen LogP contribution < -0.4 is 4.80 Å². The van der Waals surface area contributed by atoms with Crippen LogP contribution in [0.2, 0.25) is 0 Å². The quantitative estimate of drug-likeness (QED) is 0.802. The Bertz CT molecular complexity index is 768. The van der Waals surface area contributed by atoms with Gasteiger partial charge in [0.05, 0.1) is 16.8 Å². The van der Waals surface area contributed by atoms with Crippen molar-refractivity contribution in [3.63, 3.8) is 0 Å². The molecule has 0 atom stereocenters. The molecule has 0 aliphatic rings. The van der Waals surface area contributed by atoms with Crippen molar-refractivity contribution in [3.05, 3.63) is 28.6 Å². The lowest BCUT2D eigenvalue weighted by Gasteiger charge is -2.01. The lowest BCUT2D eigenvalue weighted by Crippen LogP contribution is -2.16. The lowest BCUT2D eigenvalue weighted by molar-refractivity contribution is -0.118. The van der Waals surface area contributed by atoms with Crippen LogP contribution in [0.25, 0.3) is 10.2 Å². The van der Waals surface area contributed by atoms with Crippen LogP contribution in [0, 0.1) is 24.0 Å². The number of hydrogen-bond acceptors (Lipinski definition) is 2. The van der Waals surface area contributed by atoms with Crippen LogP contribution in [0.3, 0.4) is 0 Å². The number of carbonyl (C=O) groups is 1. The second-order valence-corrected chi connectivity index (χ2v) is 5.17. The van der Waals surface area contributed by atoms with Gasteiger partial charge in [-0.05, 0) is 12.5 Å². The third-order valence-electron chi connectivity index (χ3n) is 2.63. The van der Waals surface area contributed by atoms with E-state index in [4.69, 9.17) is 6.42 Å². The Morgan fingerprint density at radius 1 is 1.50 bits per heavy atom. The van der Waals surface area contributed by atoms with Crippen molar-refractivity contribution >= 4 is 27.5 Å². The topological polar surface area (TPSA) is 34.4 Å². The van der Waals surface area contributed by atoms with Crippen LogP contribution in [0.5, 0.6) is 0 Å². The molecule has 0 bridgehead atoms. The molecule has 0 fully saturated rings. The smallest absolute Gasteiger partial charge is 0.248 e. The summed E-state index contributed by atoms with van der Waals surface area (Å²) in [6.45, 7) is 1.93. The Labute approximate surface area is 118 Å². The molecule has 0 saturated heterocycles. The van der Waals surface area contributed by atoms with Gasteiger partial charge < -0.3 is 4.57 Å². The molecule has 2 aromatic rings. The van der Waals surface area contributed by atoms with Gasteiger partial charge in [-0.2, -0.15) is 4.99 Å². The molecule has 104 valence electrons. The molecule has 1 aromatic carbocycles. The van der Waals surface area contributed by atoms with Gasteiger partial charge in [-0.15, -0.1) is 6.42 Å². The molecule has 0 aliphatic heterocycles. The van der Waals surface area contributed by atoms with Gasteiger partial charge in [0.15, 0.2) is 10.6 Å². The highest BCUT2D eigenvalue weighted by atomic mass is 32.1. The van der Waals surface area contributed by atoms with E-state index in [1.807, 2.05) is 6.92 Å². The minimum atomic E-state index is -0.712. The van der Waals surface area contributed by atoms with Gasteiger partial charge >= 0.3 is 0 Å². The minimum absolute atomic E-state index is 0.0702. The first-order valence-electron chi connectivity index (χ1n) is 6.06. The van der Waals surface area contributed by atoms with Crippen molar-refractivity contribution in [2.75, 3.05) is 0 Å². The van der Waals surface area contributed by atoms with Gasteiger partial charge in [0.1, 0.15) is 5.82 Å². The fourth-order valence-electron chi connectivity index (χ4n) is 1.83. The summed E-state index contributed by atoms with van der Waals surface area (Å²) in [5.74, 6) is 0.704. The molecule has 0 unspecified atom stereocenters. The van der Waals surface area contributed by atoms with Gasteiger partial charge in [-0.25, -0.2) is 8.78 Å². The van der Waals surface area contributed by atoms with E-state index in [2.05, 4.69) is 10.9 Å². The average Bonchev–Trinajstić information content (AvgIpc) is 2.68. The Morgan fingerprint density at radius 2 is 2.25 bits per heavy atom. The maximum absolute atomic E-state index is 13.9. The van der Waals surface area contributed by atoms with Crippen LogP contribution in [0.1, 0.15) is 19.8 Å². The second-order valence-electron chi connectivity index (χ2n) is 4.16. The summed E-state index contributed by atoms with van der Waals surface area (Å²) < 4.78 is 28.9. The molecule has 20 heavy (non-hydrogen) atoms. The van der Waals surface area contributed by atoms with Crippen LogP contribution in [0.4, 0.5) is 8.78 Å². The molecule has 0 aliphatic carbocycles. The van der Waals surface area contributed by atoms with E-state index in [9.17, 15) is 13.6 Å². The maximum atomic E-state index is 13.9. The molecule has 6 heteroatoms. The highest BCUT2D eigenvalue weighted by Gasteiger charge is 2.13. The minimum Gasteiger partial charge on any atom is -0.302 e. The molecule has 1 amide bonds. The average molecular weight is 294 g/mol. The van der Waals surface area contributed by atoms with E-state index < -0.39 is 11.6 Å². The van der Waals surface area contributed by atoms with E-state index in [0.29, 0.717) is 22.3 Å². The van der Waals surface area contributed by atoms with E-state index >= 15 is 0 Å². The maximum Gasteiger partial charge on any atom is 0.248 e. The summed E-state index contributed by atoms with van der Waals surface area (Å²) >= 11 is 1.05. The molecular formula is C14H12F2N2OS. The van der Waals surface area contributed by atoms with Crippen molar-refractivity contribution in [2.24, 2.45) is 4.99 Å². The highest BCUT2D eigenvalue weighted by molar-refractivity contribution is 7.16. The van der Waals surface area contributed by atoms with Crippen molar-refractivity contribution in [1.82, 2.24) is 4.57 Å². The normalized spacial score (nSPS) is 11.8. The Hall–Kier alpha value is -2.00. The molecule has 0 radical (unpaired) electrons. The summed E-state index contributed by atoms with van der Waals surface area (Å²) in [6, 6.07) is 2.00. The molecule has 3 nitrogen and oxygen atoms in total. The summed E-state index contributed by atoms with van der Waals surface area (Å²) in [6.07, 6.45) is 6.24.